The van der Waals surface area contributed by atoms with E-state index in [2.05, 4.69) is 10.1 Å². The van der Waals surface area contributed by atoms with Gasteiger partial charge >= 0.3 is 12.1 Å². The van der Waals surface area contributed by atoms with Gasteiger partial charge in [0.25, 0.3) is 5.91 Å². The zero-order chi connectivity index (χ0) is 23.6. The molecule has 0 aliphatic heterocycles. The molecule has 7 nitrogen and oxygen atoms in total. The number of hydrogen-bond acceptors (Lipinski definition) is 4. The lowest BCUT2D eigenvalue weighted by atomic mass is 10.1. The Balaban J connectivity index is 1.99. The van der Waals surface area contributed by atoms with Crippen LogP contribution in [0.3, 0.4) is 0 Å². The van der Waals surface area contributed by atoms with Gasteiger partial charge in [0.15, 0.2) is 5.69 Å². The summed E-state index contributed by atoms with van der Waals surface area (Å²) in [5.74, 6) is -4.29. The first-order valence-electron chi connectivity index (χ1n) is 8.97. The van der Waals surface area contributed by atoms with Gasteiger partial charge in [-0.05, 0) is 23.8 Å². The number of carboxylic acid groups (broad SMARTS) is 1. The third-order valence-corrected chi connectivity index (χ3v) is 4.35. The van der Waals surface area contributed by atoms with Crippen LogP contribution >= 0.6 is 0 Å². The minimum absolute atomic E-state index is 0.273. The van der Waals surface area contributed by atoms with E-state index in [9.17, 15) is 31.5 Å². The predicted molar refractivity (Wildman–Crippen MR) is 99.3 cm³/mol. The molecule has 1 aromatic carbocycles. The zero-order valence-corrected chi connectivity index (χ0v) is 16.4. The molecule has 0 radical (unpaired) electrons. The van der Waals surface area contributed by atoms with Crippen molar-refractivity contribution in [3.8, 4) is 0 Å². The van der Waals surface area contributed by atoms with Crippen molar-refractivity contribution in [2.45, 2.75) is 19.3 Å². The number of hydrogen-bond donors (Lipinski definition) is 1. The van der Waals surface area contributed by atoms with E-state index in [0.717, 1.165) is 40.2 Å². The number of nitrogens with zero attached hydrogens (tertiary/aromatic N) is 4. The number of aryl methyl sites for hydroxylation is 1. The van der Waals surface area contributed by atoms with Crippen molar-refractivity contribution >= 4 is 11.9 Å². The summed E-state index contributed by atoms with van der Waals surface area (Å²) in [6, 6.07) is 4.57. The molecule has 2 aromatic heterocycles. The van der Waals surface area contributed by atoms with Crippen molar-refractivity contribution in [1.82, 2.24) is 19.7 Å². The molecule has 12 heteroatoms. The topological polar surface area (TPSA) is 88.3 Å². The van der Waals surface area contributed by atoms with Crippen molar-refractivity contribution in [3.63, 3.8) is 0 Å². The van der Waals surface area contributed by atoms with Crippen LogP contribution in [0.5, 0.6) is 0 Å². The fourth-order valence-electron chi connectivity index (χ4n) is 3.02. The Morgan fingerprint density at radius 3 is 2.28 bits per heavy atom. The number of rotatable bonds is 6. The van der Waals surface area contributed by atoms with Gasteiger partial charge in [0.1, 0.15) is 17.3 Å². The number of amides is 1. The number of aromatic carboxylic acids is 1. The predicted octanol–water partition coefficient (Wildman–Crippen LogP) is 3.65. The third kappa shape index (κ3) is 5.25. The van der Waals surface area contributed by atoms with Crippen LogP contribution in [0.1, 0.15) is 37.7 Å². The number of alkyl halides is 3. The Kier molecular flexibility index (Phi) is 6.23. The molecule has 0 aliphatic rings. The Bertz CT molecular complexity index is 1140. The summed E-state index contributed by atoms with van der Waals surface area (Å²) >= 11 is 0. The van der Waals surface area contributed by atoms with E-state index in [-0.39, 0.29) is 23.4 Å². The molecule has 0 fully saturated rings. The second-order valence-electron chi connectivity index (χ2n) is 6.85. The molecule has 168 valence electrons. The summed E-state index contributed by atoms with van der Waals surface area (Å²) in [6.07, 6.45) is -2.56. The Morgan fingerprint density at radius 2 is 1.75 bits per heavy atom. The van der Waals surface area contributed by atoms with Gasteiger partial charge in [-0.25, -0.2) is 18.6 Å². The molecule has 0 atom stereocenters. The molecule has 0 bridgehead atoms. The van der Waals surface area contributed by atoms with Crippen LogP contribution < -0.4 is 0 Å². The van der Waals surface area contributed by atoms with Crippen LogP contribution in [0.4, 0.5) is 22.0 Å². The molecule has 0 saturated heterocycles. The van der Waals surface area contributed by atoms with Gasteiger partial charge in [-0.3, -0.25) is 9.48 Å². The fourth-order valence-corrected chi connectivity index (χ4v) is 3.02. The van der Waals surface area contributed by atoms with Crippen molar-refractivity contribution in [1.29, 1.82) is 0 Å². The Hall–Kier alpha value is -3.83. The van der Waals surface area contributed by atoms with Crippen LogP contribution in [0.15, 0.2) is 42.7 Å². The van der Waals surface area contributed by atoms with E-state index in [0.29, 0.717) is 6.07 Å². The highest BCUT2D eigenvalue weighted by Gasteiger charge is 2.37. The molecule has 0 aliphatic carbocycles. The lowest BCUT2D eigenvalue weighted by Crippen LogP contribution is -2.31. The molecule has 0 spiro atoms. The minimum atomic E-state index is -4.79. The van der Waals surface area contributed by atoms with Crippen molar-refractivity contribution in [2.24, 2.45) is 7.05 Å². The number of pyridine rings is 1. The minimum Gasteiger partial charge on any atom is -0.477 e. The van der Waals surface area contributed by atoms with Gasteiger partial charge in [0, 0.05) is 43.2 Å². The monoisotopic (exact) mass is 454 g/mol. The van der Waals surface area contributed by atoms with E-state index < -0.39 is 47.5 Å². The molecule has 32 heavy (non-hydrogen) atoms. The summed E-state index contributed by atoms with van der Waals surface area (Å²) in [6.45, 7) is -0.892. The fraction of sp³-hybridized carbons (Fsp3) is 0.200. The number of aromatic nitrogens is 3. The number of carbonyl (C=O) groups excluding carboxylic acids is 1. The number of carbonyl (C=O) groups is 2. The highest BCUT2D eigenvalue weighted by Crippen LogP contribution is 2.31. The Morgan fingerprint density at radius 1 is 1.09 bits per heavy atom. The Labute approximate surface area is 177 Å². The highest BCUT2D eigenvalue weighted by molar-refractivity contribution is 5.94. The standard InChI is InChI=1S/C20H15F5N4O3/c1-28-9-13(17(27-28)20(23,24)25)10-29(8-11-2-3-16(19(31)32)26-7-11)18(30)12-4-14(21)6-15(22)5-12/h2-7,9H,8,10H2,1H3,(H,31,32). The number of benzene rings is 1. The van der Waals surface area contributed by atoms with Gasteiger partial charge in [-0.15, -0.1) is 0 Å². The molecule has 0 saturated carbocycles. The van der Waals surface area contributed by atoms with E-state index in [1.807, 2.05) is 0 Å². The van der Waals surface area contributed by atoms with Crippen LogP contribution in [0.25, 0.3) is 0 Å². The lowest BCUT2D eigenvalue weighted by molar-refractivity contribution is -0.142. The largest absolute Gasteiger partial charge is 0.477 e. The van der Waals surface area contributed by atoms with Crippen LogP contribution in [0.2, 0.25) is 0 Å². The van der Waals surface area contributed by atoms with Gasteiger partial charge in [0.05, 0.1) is 6.54 Å². The molecule has 2 heterocycles. The van der Waals surface area contributed by atoms with Crippen LogP contribution in [-0.4, -0.2) is 36.6 Å². The van der Waals surface area contributed by atoms with Crippen LogP contribution in [0, 0.1) is 11.6 Å². The average molecular weight is 454 g/mol. The molecule has 3 rings (SSSR count). The molecular weight excluding hydrogens is 439 g/mol. The van der Waals surface area contributed by atoms with Crippen molar-refractivity contribution < 1.29 is 36.6 Å². The summed E-state index contributed by atoms with van der Waals surface area (Å²) in [5.41, 5.74) is -1.93. The summed E-state index contributed by atoms with van der Waals surface area (Å²) in [7, 11) is 1.28. The van der Waals surface area contributed by atoms with Gasteiger partial charge in [-0.2, -0.15) is 18.3 Å². The first-order chi connectivity index (χ1) is 14.9. The van der Waals surface area contributed by atoms with E-state index in [4.69, 9.17) is 5.11 Å². The maximum atomic E-state index is 13.6. The molecule has 0 unspecified atom stereocenters. The number of carboxylic acids is 1. The van der Waals surface area contributed by atoms with Crippen molar-refractivity contribution in [3.05, 3.63) is 82.4 Å². The SMILES string of the molecule is Cn1cc(CN(Cc2ccc(C(=O)O)nc2)C(=O)c2cc(F)cc(F)c2)c(C(F)(F)F)n1. The highest BCUT2D eigenvalue weighted by atomic mass is 19.4. The molecule has 1 amide bonds. The summed E-state index contributed by atoms with van der Waals surface area (Å²) in [5, 5.41) is 12.3. The maximum Gasteiger partial charge on any atom is 0.435 e. The van der Waals surface area contributed by atoms with Crippen LogP contribution in [-0.2, 0) is 26.3 Å². The van der Waals surface area contributed by atoms with E-state index >= 15 is 0 Å². The van der Waals surface area contributed by atoms with Gasteiger partial charge in [0.2, 0.25) is 0 Å². The second kappa shape index (κ2) is 8.73. The average Bonchev–Trinajstić information content (AvgIpc) is 3.07. The normalized spacial score (nSPS) is 11.4. The smallest absolute Gasteiger partial charge is 0.435 e. The molecule has 3 aromatic rings. The quantitative estimate of drug-likeness (QED) is 0.575. The first-order valence-corrected chi connectivity index (χ1v) is 8.97. The van der Waals surface area contributed by atoms with E-state index in [1.165, 1.54) is 13.1 Å². The van der Waals surface area contributed by atoms with Crippen molar-refractivity contribution in [2.75, 3.05) is 0 Å². The summed E-state index contributed by atoms with van der Waals surface area (Å²) in [4.78, 5) is 28.6. The molecule has 1 N–H and O–H groups in total. The zero-order valence-electron chi connectivity index (χ0n) is 16.4. The third-order valence-electron chi connectivity index (χ3n) is 4.35. The lowest BCUT2D eigenvalue weighted by Gasteiger charge is -2.23. The van der Waals surface area contributed by atoms with Gasteiger partial charge < -0.3 is 10.0 Å². The first kappa shape index (κ1) is 22.8. The maximum absolute atomic E-state index is 13.6. The van der Waals surface area contributed by atoms with E-state index in [1.54, 1.807) is 0 Å². The summed E-state index contributed by atoms with van der Waals surface area (Å²) < 4.78 is 68.2. The van der Waals surface area contributed by atoms with Gasteiger partial charge in [-0.1, -0.05) is 6.07 Å². The number of halogens is 5. The molecular formula is C20H15F5N4O3. The second-order valence-corrected chi connectivity index (χ2v) is 6.85.